The number of ether oxygens (including phenoxy) is 1. The Morgan fingerprint density at radius 2 is 1.50 bits per heavy atom. The number of nitrogens with one attached hydrogen (secondary N) is 1. The highest BCUT2D eigenvalue weighted by molar-refractivity contribution is 7.89. The molecule has 0 amide bonds. The number of aryl methyl sites for hydroxylation is 1. The number of unbranched alkanes of at least 4 members (excludes halogenated alkanes) is 1. The van der Waals surface area contributed by atoms with Gasteiger partial charge in [0.2, 0.25) is 10.0 Å². The summed E-state index contributed by atoms with van der Waals surface area (Å²) in [4.78, 5) is 0.317. The third kappa shape index (κ3) is 5.35. The van der Waals surface area contributed by atoms with Crippen LogP contribution in [0.3, 0.4) is 0 Å². The molecule has 24 heavy (non-hydrogen) atoms. The van der Waals surface area contributed by atoms with Crippen molar-refractivity contribution in [3.05, 3.63) is 59.7 Å². The minimum atomic E-state index is -3.46. The van der Waals surface area contributed by atoms with Crippen LogP contribution in [0.1, 0.15) is 30.9 Å². The van der Waals surface area contributed by atoms with Crippen LogP contribution in [0.25, 0.3) is 0 Å². The van der Waals surface area contributed by atoms with E-state index >= 15 is 0 Å². The maximum Gasteiger partial charge on any atom is 0.240 e. The van der Waals surface area contributed by atoms with E-state index in [1.54, 1.807) is 19.2 Å². The summed E-state index contributed by atoms with van der Waals surface area (Å²) in [5.41, 5.74) is 2.24. The predicted octanol–water partition coefficient (Wildman–Crippen LogP) is 3.56. The van der Waals surface area contributed by atoms with E-state index < -0.39 is 10.0 Å². The summed E-state index contributed by atoms with van der Waals surface area (Å²) in [6.45, 7) is 2.51. The van der Waals surface area contributed by atoms with Crippen molar-refractivity contribution in [1.82, 2.24) is 4.72 Å². The molecular weight excluding hydrogens is 322 g/mol. The van der Waals surface area contributed by atoms with Gasteiger partial charge in [0.15, 0.2) is 0 Å². The lowest BCUT2D eigenvalue weighted by Gasteiger charge is -2.08. The van der Waals surface area contributed by atoms with Gasteiger partial charge in [0.25, 0.3) is 0 Å². The van der Waals surface area contributed by atoms with Crippen LogP contribution in [-0.2, 0) is 22.9 Å². The van der Waals surface area contributed by atoms with E-state index in [9.17, 15) is 8.42 Å². The van der Waals surface area contributed by atoms with Crippen LogP contribution in [-0.4, -0.2) is 22.1 Å². The number of methoxy groups -OCH3 is 1. The molecule has 0 saturated carbocycles. The Balaban J connectivity index is 1.90. The van der Waals surface area contributed by atoms with Gasteiger partial charge in [0.1, 0.15) is 5.75 Å². The molecule has 2 aromatic carbocycles. The van der Waals surface area contributed by atoms with Crippen molar-refractivity contribution >= 4 is 10.0 Å². The van der Waals surface area contributed by atoms with Gasteiger partial charge >= 0.3 is 0 Å². The highest BCUT2D eigenvalue weighted by atomic mass is 32.2. The van der Waals surface area contributed by atoms with E-state index in [1.165, 1.54) is 5.56 Å². The molecule has 0 aliphatic heterocycles. The SMILES string of the molecule is CCCCc1ccc(S(=O)(=O)NCCc2ccc(OC)cc2)cc1. The zero-order valence-electron chi connectivity index (χ0n) is 14.3. The predicted molar refractivity (Wildman–Crippen MR) is 96.9 cm³/mol. The Morgan fingerprint density at radius 1 is 0.917 bits per heavy atom. The first-order chi connectivity index (χ1) is 11.5. The summed E-state index contributed by atoms with van der Waals surface area (Å²) in [6, 6.07) is 14.8. The summed E-state index contributed by atoms with van der Waals surface area (Å²) >= 11 is 0. The number of hydrogen-bond acceptors (Lipinski definition) is 3. The number of rotatable bonds is 9. The maximum atomic E-state index is 12.3. The minimum Gasteiger partial charge on any atom is -0.497 e. The van der Waals surface area contributed by atoms with Crippen molar-refractivity contribution in [2.24, 2.45) is 0 Å². The molecule has 0 aliphatic carbocycles. The Bertz CT molecular complexity index is 722. The molecule has 2 rings (SSSR count). The average molecular weight is 347 g/mol. The lowest BCUT2D eigenvalue weighted by atomic mass is 10.1. The second-order valence-electron chi connectivity index (χ2n) is 5.74. The average Bonchev–Trinajstić information content (AvgIpc) is 2.61. The van der Waals surface area contributed by atoms with Crippen LogP contribution in [0.4, 0.5) is 0 Å². The van der Waals surface area contributed by atoms with Crippen LogP contribution < -0.4 is 9.46 Å². The molecule has 1 N–H and O–H groups in total. The number of benzene rings is 2. The Morgan fingerprint density at radius 3 is 2.08 bits per heavy atom. The molecule has 130 valence electrons. The molecule has 0 atom stereocenters. The summed E-state index contributed by atoms with van der Waals surface area (Å²) in [6.07, 6.45) is 3.87. The quantitative estimate of drug-likeness (QED) is 0.754. The van der Waals surface area contributed by atoms with Gasteiger partial charge < -0.3 is 4.74 Å². The standard InChI is InChI=1S/C19H25NO3S/c1-3-4-5-16-8-12-19(13-9-16)24(21,22)20-15-14-17-6-10-18(23-2)11-7-17/h6-13,20H,3-5,14-15H2,1-2H3. The molecule has 0 heterocycles. The van der Waals surface area contributed by atoms with Crippen molar-refractivity contribution in [3.63, 3.8) is 0 Å². The fraction of sp³-hybridized carbons (Fsp3) is 0.368. The molecule has 0 bridgehead atoms. The first-order valence-electron chi connectivity index (χ1n) is 8.26. The van der Waals surface area contributed by atoms with Gasteiger partial charge in [-0.2, -0.15) is 0 Å². The van der Waals surface area contributed by atoms with Crippen molar-refractivity contribution in [2.45, 2.75) is 37.5 Å². The van der Waals surface area contributed by atoms with Crippen LogP contribution >= 0.6 is 0 Å². The van der Waals surface area contributed by atoms with Crippen molar-refractivity contribution in [1.29, 1.82) is 0 Å². The highest BCUT2D eigenvalue weighted by Gasteiger charge is 2.13. The number of sulfonamides is 1. The molecule has 0 saturated heterocycles. The molecular formula is C19H25NO3S. The molecule has 0 unspecified atom stereocenters. The first-order valence-corrected chi connectivity index (χ1v) is 9.75. The minimum absolute atomic E-state index is 0.317. The number of hydrogen-bond donors (Lipinski definition) is 1. The summed E-state index contributed by atoms with van der Waals surface area (Å²) in [7, 11) is -1.83. The van der Waals surface area contributed by atoms with Gasteiger partial charge in [0.05, 0.1) is 12.0 Å². The molecule has 0 fully saturated rings. The smallest absolute Gasteiger partial charge is 0.240 e. The van der Waals surface area contributed by atoms with Crippen LogP contribution in [0, 0.1) is 0 Å². The Kier molecular flexibility index (Phi) is 6.82. The van der Waals surface area contributed by atoms with E-state index in [1.807, 2.05) is 36.4 Å². The third-order valence-electron chi connectivity index (χ3n) is 3.92. The van der Waals surface area contributed by atoms with Crippen molar-refractivity contribution in [3.8, 4) is 5.75 Å². The maximum absolute atomic E-state index is 12.3. The fourth-order valence-corrected chi connectivity index (χ4v) is 3.45. The highest BCUT2D eigenvalue weighted by Crippen LogP contribution is 2.14. The summed E-state index contributed by atoms with van der Waals surface area (Å²) in [5, 5.41) is 0. The monoisotopic (exact) mass is 347 g/mol. The topological polar surface area (TPSA) is 55.4 Å². The molecule has 0 radical (unpaired) electrons. The van der Waals surface area contributed by atoms with Gasteiger partial charge in [-0.25, -0.2) is 13.1 Å². The second-order valence-corrected chi connectivity index (χ2v) is 7.51. The zero-order chi connectivity index (χ0) is 17.4. The fourth-order valence-electron chi connectivity index (χ4n) is 2.42. The van der Waals surface area contributed by atoms with Gasteiger partial charge in [-0.3, -0.25) is 0 Å². The van der Waals surface area contributed by atoms with E-state index in [0.29, 0.717) is 17.9 Å². The van der Waals surface area contributed by atoms with E-state index in [0.717, 1.165) is 30.6 Å². The lowest BCUT2D eigenvalue weighted by molar-refractivity contribution is 0.414. The van der Waals surface area contributed by atoms with E-state index in [-0.39, 0.29) is 0 Å². The Hall–Kier alpha value is -1.85. The molecule has 5 heteroatoms. The molecule has 0 spiro atoms. The van der Waals surface area contributed by atoms with Gasteiger partial charge in [-0.05, 0) is 54.7 Å². The van der Waals surface area contributed by atoms with E-state index in [4.69, 9.17) is 4.74 Å². The van der Waals surface area contributed by atoms with Gasteiger partial charge in [0, 0.05) is 6.54 Å². The first kappa shape index (κ1) is 18.5. The normalized spacial score (nSPS) is 11.4. The second kappa shape index (κ2) is 8.85. The summed E-state index contributed by atoms with van der Waals surface area (Å²) in [5.74, 6) is 0.794. The molecule has 0 aromatic heterocycles. The van der Waals surface area contributed by atoms with Gasteiger partial charge in [-0.1, -0.05) is 37.6 Å². The lowest BCUT2D eigenvalue weighted by Crippen LogP contribution is -2.26. The largest absolute Gasteiger partial charge is 0.497 e. The molecule has 2 aromatic rings. The molecule has 0 aliphatic rings. The third-order valence-corrected chi connectivity index (χ3v) is 5.39. The Labute approximate surface area is 144 Å². The van der Waals surface area contributed by atoms with E-state index in [2.05, 4.69) is 11.6 Å². The van der Waals surface area contributed by atoms with Crippen LogP contribution in [0.5, 0.6) is 5.75 Å². The zero-order valence-corrected chi connectivity index (χ0v) is 15.1. The van der Waals surface area contributed by atoms with Crippen molar-refractivity contribution < 1.29 is 13.2 Å². The molecule has 4 nitrogen and oxygen atoms in total. The van der Waals surface area contributed by atoms with Crippen molar-refractivity contribution in [2.75, 3.05) is 13.7 Å². The van der Waals surface area contributed by atoms with Crippen LogP contribution in [0.2, 0.25) is 0 Å². The van der Waals surface area contributed by atoms with Gasteiger partial charge in [-0.15, -0.1) is 0 Å². The summed E-state index contributed by atoms with van der Waals surface area (Å²) < 4.78 is 32.4. The van der Waals surface area contributed by atoms with Crippen LogP contribution in [0.15, 0.2) is 53.4 Å².